The third kappa shape index (κ3) is 5.47. The van der Waals surface area contributed by atoms with Crippen LogP contribution in [0.5, 0.6) is 5.75 Å². The molecule has 1 atom stereocenters. The molecule has 2 rings (SSSR count). The van der Waals surface area contributed by atoms with Gasteiger partial charge in [-0.25, -0.2) is 8.42 Å². The highest BCUT2D eigenvalue weighted by Gasteiger charge is 2.14. The summed E-state index contributed by atoms with van der Waals surface area (Å²) in [6.07, 6.45) is 0.122. The Balaban J connectivity index is 2.06. The lowest BCUT2D eigenvalue weighted by Crippen LogP contribution is -2.20. The molecule has 0 radical (unpaired) electrons. The summed E-state index contributed by atoms with van der Waals surface area (Å²) in [5.74, 6) is 0.0175. The zero-order chi connectivity index (χ0) is 19.2. The molecule has 1 amide bonds. The Bertz CT molecular complexity index is 854. The van der Waals surface area contributed by atoms with E-state index in [1.54, 1.807) is 25.1 Å². The van der Waals surface area contributed by atoms with Gasteiger partial charge in [0.1, 0.15) is 5.75 Å². The fraction of sp³-hybridized carbons (Fsp3) is 0.278. The van der Waals surface area contributed by atoms with Crippen LogP contribution in [-0.2, 0) is 14.8 Å². The number of carbonyl (C=O) groups excluding carboxylic acids is 1. The van der Waals surface area contributed by atoms with Crippen molar-refractivity contribution in [2.24, 2.45) is 5.73 Å². The summed E-state index contributed by atoms with van der Waals surface area (Å²) >= 11 is 0. The molecule has 8 heteroatoms. The molecule has 7 nitrogen and oxygen atoms in total. The largest absolute Gasteiger partial charge is 0.494 e. The Morgan fingerprint density at radius 2 is 1.88 bits per heavy atom. The molecule has 0 aliphatic heterocycles. The fourth-order valence-electron chi connectivity index (χ4n) is 2.32. The van der Waals surface area contributed by atoms with E-state index in [-0.39, 0.29) is 18.1 Å². The molecule has 4 N–H and O–H groups in total. The van der Waals surface area contributed by atoms with Gasteiger partial charge < -0.3 is 15.8 Å². The van der Waals surface area contributed by atoms with Gasteiger partial charge in [0.15, 0.2) is 0 Å². The van der Waals surface area contributed by atoms with Crippen molar-refractivity contribution in [3.05, 3.63) is 54.1 Å². The van der Waals surface area contributed by atoms with Crippen molar-refractivity contribution < 1.29 is 17.9 Å². The van der Waals surface area contributed by atoms with E-state index in [0.29, 0.717) is 17.1 Å². The highest BCUT2D eigenvalue weighted by Crippen LogP contribution is 2.29. The number of carbonyl (C=O) groups is 1. The van der Waals surface area contributed by atoms with Gasteiger partial charge in [0.2, 0.25) is 15.9 Å². The molecule has 0 aliphatic rings. The van der Waals surface area contributed by atoms with Crippen LogP contribution in [0.3, 0.4) is 0 Å². The molecule has 0 aromatic heterocycles. The average Bonchev–Trinajstić information content (AvgIpc) is 2.63. The smallest absolute Gasteiger partial charge is 0.232 e. The molecular formula is C18H23N3O4S. The van der Waals surface area contributed by atoms with Gasteiger partial charge in [0.25, 0.3) is 0 Å². The molecule has 140 valence electrons. The van der Waals surface area contributed by atoms with Gasteiger partial charge in [0, 0.05) is 24.2 Å². The molecule has 0 aliphatic carbocycles. The Hall–Kier alpha value is -2.58. The van der Waals surface area contributed by atoms with Crippen LogP contribution in [0.1, 0.15) is 24.9 Å². The highest BCUT2D eigenvalue weighted by molar-refractivity contribution is 7.92. The van der Waals surface area contributed by atoms with Crippen LogP contribution in [0.2, 0.25) is 0 Å². The van der Waals surface area contributed by atoms with E-state index in [4.69, 9.17) is 10.5 Å². The molecule has 26 heavy (non-hydrogen) atoms. The quantitative estimate of drug-likeness (QED) is 0.654. The van der Waals surface area contributed by atoms with Crippen LogP contribution in [0, 0.1) is 0 Å². The van der Waals surface area contributed by atoms with E-state index in [2.05, 4.69) is 10.0 Å². The molecule has 2 aromatic carbocycles. The van der Waals surface area contributed by atoms with Crippen molar-refractivity contribution in [1.29, 1.82) is 0 Å². The summed E-state index contributed by atoms with van der Waals surface area (Å²) in [4.78, 5) is 12.2. The summed E-state index contributed by atoms with van der Waals surface area (Å²) in [6, 6.07) is 13.7. The highest BCUT2D eigenvalue weighted by atomic mass is 32.2. The minimum absolute atomic E-state index is 0.0496. The van der Waals surface area contributed by atoms with Crippen molar-refractivity contribution in [2.45, 2.75) is 19.4 Å². The first-order valence-electron chi connectivity index (χ1n) is 8.13. The van der Waals surface area contributed by atoms with Crippen LogP contribution in [-0.4, -0.2) is 27.2 Å². The number of ether oxygens (including phenoxy) is 1. The molecule has 0 heterocycles. The summed E-state index contributed by atoms with van der Waals surface area (Å²) in [5.41, 5.74) is 7.74. The van der Waals surface area contributed by atoms with Gasteiger partial charge in [-0.2, -0.15) is 0 Å². The summed E-state index contributed by atoms with van der Waals surface area (Å²) in [5, 5.41) is 2.75. The van der Waals surface area contributed by atoms with Gasteiger partial charge in [-0.1, -0.05) is 30.3 Å². The van der Waals surface area contributed by atoms with E-state index in [1.807, 2.05) is 30.3 Å². The maximum absolute atomic E-state index is 12.2. The predicted molar refractivity (Wildman–Crippen MR) is 103 cm³/mol. The van der Waals surface area contributed by atoms with E-state index >= 15 is 0 Å². The second kappa shape index (κ2) is 8.68. The topological polar surface area (TPSA) is 111 Å². The van der Waals surface area contributed by atoms with Crippen LogP contribution < -0.4 is 20.5 Å². The van der Waals surface area contributed by atoms with Crippen molar-refractivity contribution >= 4 is 27.3 Å². The first-order chi connectivity index (χ1) is 12.3. The Morgan fingerprint density at radius 3 is 2.50 bits per heavy atom. The van der Waals surface area contributed by atoms with Crippen LogP contribution in [0.4, 0.5) is 11.4 Å². The average molecular weight is 377 g/mol. The number of nitrogens with one attached hydrogen (secondary N) is 2. The standard InChI is InChI=1S/C18H23N3O4S/c1-3-26(23,24)21-16-10-9-14(11-17(16)25-2)20-18(22)12-15(19)13-7-5-4-6-8-13/h4-11,15,21H,3,12,19H2,1-2H3,(H,20,22). The number of anilines is 2. The van der Waals surface area contributed by atoms with Crippen molar-refractivity contribution in [1.82, 2.24) is 0 Å². The summed E-state index contributed by atoms with van der Waals surface area (Å²) in [7, 11) is -1.99. The Morgan fingerprint density at radius 1 is 1.19 bits per heavy atom. The van der Waals surface area contributed by atoms with Crippen LogP contribution in [0.15, 0.2) is 48.5 Å². The SMILES string of the molecule is CCS(=O)(=O)Nc1ccc(NC(=O)CC(N)c2ccccc2)cc1OC. The normalized spacial score (nSPS) is 12.3. The zero-order valence-electron chi connectivity index (χ0n) is 14.7. The minimum Gasteiger partial charge on any atom is -0.494 e. The number of amides is 1. The Kier molecular flexibility index (Phi) is 6.59. The Labute approximate surface area is 153 Å². The van der Waals surface area contributed by atoms with Crippen LogP contribution >= 0.6 is 0 Å². The van der Waals surface area contributed by atoms with Gasteiger partial charge >= 0.3 is 0 Å². The fourth-order valence-corrected chi connectivity index (χ4v) is 2.97. The maximum Gasteiger partial charge on any atom is 0.232 e. The first-order valence-corrected chi connectivity index (χ1v) is 9.78. The third-order valence-electron chi connectivity index (χ3n) is 3.76. The van der Waals surface area contributed by atoms with Crippen LogP contribution in [0.25, 0.3) is 0 Å². The van der Waals surface area contributed by atoms with Crippen molar-refractivity contribution in [3.8, 4) is 5.75 Å². The monoisotopic (exact) mass is 377 g/mol. The number of rotatable bonds is 8. The van der Waals surface area contributed by atoms with E-state index < -0.39 is 16.1 Å². The lowest BCUT2D eigenvalue weighted by atomic mass is 10.0. The lowest BCUT2D eigenvalue weighted by molar-refractivity contribution is -0.116. The lowest BCUT2D eigenvalue weighted by Gasteiger charge is -2.14. The van der Waals surface area contributed by atoms with Gasteiger partial charge in [0.05, 0.1) is 18.6 Å². The molecular weight excluding hydrogens is 354 g/mol. The summed E-state index contributed by atoms with van der Waals surface area (Å²) < 4.78 is 31.1. The molecule has 0 bridgehead atoms. The van der Waals surface area contributed by atoms with E-state index in [9.17, 15) is 13.2 Å². The van der Waals surface area contributed by atoms with Gasteiger partial charge in [-0.05, 0) is 24.6 Å². The molecule has 0 fully saturated rings. The molecule has 0 saturated heterocycles. The van der Waals surface area contributed by atoms with Gasteiger partial charge in [-0.15, -0.1) is 0 Å². The number of nitrogens with two attached hydrogens (primary N) is 1. The molecule has 0 spiro atoms. The first kappa shape index (κ1) is 19.7. The molecule has 1 unspecified atom stereocenters. The maximum atomic E-state index is 12.2. The second-order valence-electron chi connectivity index (χ2n) is 5.69. The molecule has 0 saturated carbocycles. The van der Waals surface area contributed by atoms with E-state index in [1.165, 1.54) is 7.11 Å². The number of benzene rings is 2. The summed E-state index contributed by atoms with van der Waals surface area (Å²) in [6.45, 7) is 1.54. The molecule has 2 aromatic rings. The van der Waals surface area contributed by atoms with Gasteiger partial charge in [-0.3, -0.25) is 9.52 Å². The van der Waals surface area contributed by atoms with E-state index in [0.717, 1.165) is 5.56 Å². The van der Waals surface area contributed by atoms with Crippen molar-refractivity contribution in [3.63, 3.8) is 0 Å². The zero-order valence-corrected chi connectivity index (χ0v) is 15.5. The minimum atomic E-state index is -3.42. The number of hydrogen-bond acceptors (Lipinski definition) is 5. The number of sulfonamides is 1. The predicted octanol–water partition coefficient (Wildman–Crippen LogP) is 2.49. The second-order valence-corrected chi connectivity index (χ2v) is 7.70. The number of hydrogen-bond donors (Lipinski definition) is 3. The third-order valence-corrected chi connectivity index (χ3v) is 5.05. The number of methoxy groups -OCH3 is 1. The van der Waals surface area contributed by atoms with Crippen molar-refractivity contribution in [2.75, 3.05) is 22.9 Å².